The molecule has 2 rings (SSSR count). The summed E-state index contributed by atoms with van der Waals surface area (Å²) in [7, 11) is 0. The molecular formula is C24H35FN8O7. The van der Waals surface area contributed by atoms with Gasteiger partial charge in [0.1, 0.15) is 18.1 Å². The summed E-state index contributed by atoms with van der Waals surface area (Å²) in [6.07, 6.45) is 1.24. The number of nitrogens with zero attached hydrogens (tertiary/aromatic N) is 1. The number of unbranched alkanes of at least 4 members (excludes halogenated alkanes) is 1. The quantitative estimate of drug-likeness (QED) is 0.113. The molecular weight excluding hydrogens is 531 g/mol. The SMILES string of the molecule is NCCCC[C@@H]1NC(=O)c2cc([N+](=O)[O-])cc(F)c2NCCCC[C@@H](C(N)=O)NC(=O)[C@H](CCC(N)=O)NC1=O. The lowest BCUT2D eigenvalue weighted by Crippen LogP contribution is -2.56. The molecule has 0 aliphatic carbocycles. The number of halogens is 1. The van der Waals surface area contributed by atoms with Crippen molar-refractivity contribution in [2.24, 2.45) is 17.2 Å². The Labute approximate surface area is 229 Å². The van der Waals surface area contributed by atoms with Gasteiger partial charge in [0.05, 0.1) is 22.2 Å². The predicted molar refractivity (Wildman–Crippen MR) is 141 cm³/mol. The first-order valence-corrected chi connectivity index (χ1v) is 12.9. The van der Waals surface area contributed by atoms with Gasteiger partial charge in [0.2, 0.25) is 23.6 Å². The highest BCUT2D eigenvalue weighted by molar-refractivity contribution is 6.03. The van der Waals surface area contributed by atoms with Crippen molar-refractivity contribution in [3.05, 3.63) is 33.6 Å². The van der Waals surface area contributed by atoms with Crippen molar-refractivity contribution in [2.45, 2.75) is 69.5 Å². The molecule has 0 bridgehead atoms. The standard InChI is InChI=1S/C24H35FN8O7/c25-15-12-13(33(39)40)11-14-20(15)29-10-4-2-5-16(21(28)35)30-24(38)18(7-8-19(27)34)32-23(37)17(31-22(14)36)6-1-3-9-26/h11-12,16-18,29H,1-10,26H2,(H2,27,34)(H2,28,35)(H,30,38)(H,31,36)(H,32,37)/t16-,17-,18-/m0/s1. The van der Waals surface area contributed by atoms with E-state index in [4.69, 9.17) is 17.2 Å². The number of nitro groups is 1. The topological polar surface area (TPSA) is 255 Å². The zero-order valence-electron chi connectivity index (χ0n) is 21.9. The maximum Gasteiger partial charge on any atom is 0.273 e. The predicted octanol–water partition coefficient (Wildman–Crippen LogP) is -0.722. The molecule has 15 nitrogen and oxygen atoms in total. The molecule has 1 aromatic rings. The highest BCUT2D eigenvalue weighted by atomic mass is 19.1. The van der Waals surface area contributed by atoms with E-state index in [1.165, 1.54) is 0 Å². The monoisotopic (exact) mass is 566 g/mol. The summed E-state index contributed by atoms with van der Waals surface area (Å²) in [5.74, 6) is -5.16. The van der Waals surface area contributed by atoms with E-state index in [2.05, 4.69) is 21.3 Å². The van der Waals surface area contributed by atoms with Crippen molar-refractivity contribution in [1.29, 1.82) is 0 Å². The van der Waals surface area contributed by atoms with Crippen LogP contribution in [0.2, 0.25) is 0 Å². The van der Waals surface area contributed by atoms with E-state index in [-0.39, 0.29) is 37.9 Å². The van der Waals surface area contributed by atoms with Gasteiger partial charge in [0, 0.05) is 19.0 Å². The fraction of sp³-hybridized carbons (Fsp3) is 0.542. The van der Waals surface area contributed by atoms with E-state index >= 15 is 0 Å². The van der Waals surface area contributed by atoms with Crippen LogP contribution in [0, 0.1) is 15.9 Å². The van der Waals surface area contributed by atoms with Crippen LogP contribution in [0.25, 0.3) is 0 Å². The van der Waals surface area contributed by atoms with E-state index in [9.17, 15) is 38.5 Å². The van der Waals surface area contributed by atoms with Crippen LogP contribution in [0.3, 0.4) is 0 Å². The van der Waals surface area contributed by atoms with E-state index in [0.717, 1.165) is 6.07 Å². The van der Waals surface area contributed by atoms with Gasteiger partial charge in [-0.3, -0.25) is 34.1 Å². The van der Waals surface area contributed by atoms with Crippen LogP contribution in [-0.4, -0.2) is 65.7 Å². The molecule has 16 heteroatoms. The molecule has 1 aliphatic rings. The highest BCUT2D eigenvalue weighted by Crippen LogP contribution is 2.27. The fourth-order valence-corrected chi connectivity index (χ4v) is 4.13. The molecule has 0 saturated carbocycles. The lowest BCUT2D eigenvalue weighted by molar-refractivity contribution is -0.385. The molecule has 10 N–H and O–H groups in total. The van der Waals surface area contributed by atoms with Gasteiger partial charge in [0.25, 0.3) is 11.6 Å². The molecule has 40 heavy (non-hydrogen) atoms. The third-order valence-corrected chi connectivity index (χ3v) is 6.29. The third-order valence-electron chi connectivity index (χ3n) is 6.29. The Morgan fingerprint density at radius 1 is 1.00 bits per heavy atom. The molecule has 0 fully saturated rings. The number of fused-ring (bicyclic) bond motifs is 1. The summed E-state index contributed by atoms with van der Waals surface area (Å²) in [6.45, 7) is 0.403. The van der Waals surface area contributed by atoms with Crippen LogP contribution < -0.4 is 38.5 Å². The maximum atomic E-state index is 14.9. The lowest BCUT2D eigenvalue weighted by atomic mass is 10.0. The highest BCUT2D eigenvalue weighted by Gasteiger charge is 2.31. The summed E-state index contributed by atoms with van der Waals surface area (Å²) >= 11 is 0. The zero-order chi connectivity index (χ0) is 29.8. The number of anilines is 1. The second-order valence-electron chi connectivity index (χ2n) is 9.37. The molecule has 0 spiro atoms. The number of amides is 5. The Hall–Kier alpha value is -4.34. The average molecular weight is 567 g/mol. The number of rotatable bonds is 9. The molecule has 1 aliphatic heterocycles. The molecule has 0 aromatic heterocycles. The van der Waals surface area contributed by atoms with Crippen molar-refractivity contribution < 1.29 is 33.3 Å². The Bertz CT molecular complexity index is 1130. The van der Waals surface area contributed by atoms with Crippen LogP contribution >= 0.6 is 0 Å². The van der Waals surface area contributed by atoms with Crippen LogP contribution in [0.5, 0.6) is 0 Å². The van der Waals surface area contributed by atoms with Crippen LogP contribution in [0.4, 0.5) is 15.8 Å². The second kappa shape index (κ2) is 15.3. The number of benzene rings is 1. The molecule has 0 unspecified atom stereocenters. The minimum atomic E-state index is -1.31. The Morgan fingerprint density at radius 3 is 2.30 bits per heavy atom. The van der Waals surface area contributed by atoms with E-state index < -0.39 is 69.7 Å². The van der Waals surface area contributed by atoms with Gasteiger partial charge < -0.3 is 38.5 Å². The Morgan fingerprint density at radius 2 is 1.68 bits per heavy atom. The first-order chi connectivity index (χ1) is 18.9. The van der Waals surface area contributed by atoms with Crippen molar-refractivity contribution in [2.75, 3.05) is 18.4 Å². The van der Waals surface area contributed by atoms with Crippen molar-refractivity contribution >= 4 is 40.9 Å². The van der Waals surface area contributed by atoms with E-state index in [1.54, 1.807) is 0 Å². The minimum Gasteiger partial charge on any atom is -0.382 e. The van der Waals surface area contributed by atoms with Crippen LogP contribution in [-0.2, 0) is 19.2 Å². The molecule has 1 aromatic carbocycles. The largest absolute Gasteiger partial charge is 0.382 e. The summed E-state index contributed by atoms with van der Waals surface area (Å²) in [5.41, 5.74) is 14.8. The summed E-state index contributed by atoms with van der Waals surface area (Å²) in [5, 5.41) is 21.5. The third kappa shape index (κ3) is 9.44. The smallest absolute Gasteiger partial charge is 0.273 e. The normalized spacial score (nSPS) is 20.8. The molecule has 0 saturated heterocycles. The number of non-ortho nitro benzene ring substituents is 1. The van der Waals surface area contributed by atoms with Crippen LogP contribution in [0.15, 0.2) is 12.1 Å². The average Bonchev–Trinajstić information content (AvgIpc) is 2.88. The Kier molecular flexibility index (Phi) is 12.2. The van der Waals surface area contributed by atoms with Gasteiger partial charge in [-0.05, 0) is 51.5 Å². The van der Waals surface area contributed by atoms with Gasteiger partial charge in [-0.2, -0.15) is 0 Å². The van der Waals surface area contributed by atoms with Gasteiger partial charge >= 0.3 is 0 Å². The number of nitrogens with one attached hydrogen (secondary N) is 4. The van der Waals surface area contributed by atoms with Crippen molar-refractivity contribution in [3.63, 3.8) is 0 Å². The van der Waals surface area contributed by atoms with Gasteiger partial charge in [0.15, 0.2) is 5.82 Å². The van der Waals surface area contributed by atoms with Crippen LogP contribution in [0.1, 0.15) is 61.7 Å². The summed E-state index contributed by atoms with van der Waals surface area (Å²) in [4.78, 5) is 73.4. The number of primary amides is 2. The fourth-order valence-electron chi connectivity index (χ4n) is 4.13. The Balaban J connectivity index is 2.51. The number of nitrogens with two attached hydrogens (primary N) is 3. The molecule has 0 radical (unpaired) electrons. The van der Waals surface area contributed by atoms with Gasteiger partial charge in [-0.25, -0.2) is 4.39 Å². The number of carbonyl (C=O) groups is 5. The molecule has 5 amide bonds. The maximum absolute atomic E-state index is 14.9. The molecule has 1 heterocycles. The van der Waals surface area contributed by atoms with Gasteiger partial charge in [-0.15, -0.1) is 0 Å². The number of hydrogen-bond acceptors (Lipinski definition) is 9. The first kappa shape index (κ1) is 31.9. The summed E-state index contributed by atoms with van der Waals surface area (Å²) in [6, 6.07) is -2.11. The molecule has 3 atom stereocenters. The van der Waals surface area contributed by atoms with Crippen molar-refractivity contribution in [3.8, 4) is 0 Å². The van der Waals surface area contributed by atoms with E-state index in [0.29, 0.717) is 38.3 Å². The first-order valence-electron chi connectivity index (χ1n) is 12.9. The zero-order valence-corrected chi connectivity index (χ0v) is 21.9. The number of hydrogen-bond donors (Lipinski definition) is 7. The molecule has 220 valence electrons. The minimum absolute atomic E-state index is 0.0585. The van der Waals surface area contributed by atoms with Crippen molar-refractivity contribution in [1.82, 2.24) is 16.0 Å². The number of nitro benzene ring substituents is 1. The van der Waals surface area contributed by atoms with Gasteiger partial charge in [-0.1, -0.05) is 0 Å². The lowest BCUT2D eigenvalue weighted by Gasteiger charge is -2.25. The second-order valence-corrected chi connectivity index (χ2v) is 9.37. The van der Waals surface area contributed by atoms with E-state index in [1.807, 2.05) is 0 Å². The number of carbonyl (C=O) groups excluding carboxylic acids is 5. The summed E-state index contributed by atoms with van der Waals surface area (Å²) < 4.78 is 14.9.